The number of fused-ring (bicyclic) bond motifs is 1. The van der Waals surface area contributed by atoms with Gasteiger partial charge in [0.05, 0.1) is 12.3 Å². The van der Waals surface area contributed by atoms with Gasteiger partial charge in [0.2, 0.25) is 0 Å². The van der Waals surface area contributed by atoms with Gasteiger partial charge in [-0.1, -0.05) is 37.3 Å². The van der Waals surface area contributed by atoms with Crippen molar-refractivity contribution in [1.82, 2.24) is 4.37 Å². The van der Waals surface area contributed by atoms with Crippen molar-refractivity contribution in [2.24, 2.45) is 0 Å². The van der Waals surface area contributed by atoms with Crippen LogP contribution in [0.25, 0.3) is 11.3 Å². The lowest BCUT2D eigenvalue weighted by molar-refractivity contribution is -0.135. The Kier molecular flexibility index (Phi) is 6.20. The lowest BCUT2D eigenvalue weighted by Crippen LogP contribution is -2.08. The van der Waals surface area contributed by atoms with Crippen molar-refractivity contribution in [3.63, 3.8) is 0 Å². The molecule has 1 unspecified atom stereocenters. The molecule has 0 radical (unpaired) electrons. The highest BCUT2D eigenvalue weighted by atomic mass is 32.1. The largest absolute Gasteiger partial charge is 0.493 e. The van der Waals surface area contributed by atoms with Crippen molar-refractivity contribution in [3.05, 3.63) is 64.0 Å². The predicted molar refractivity (Wildman–Crippen MR) is 113 cm³/mol. The number of rotatable bonds is 7. The van der Waals surface area contributed by atoms with Crippen LogP contribution in [0.15, 0.2) is 42.5 Å². The van der Waals surface area contributed by atoms with Crippen LogP contribution in [0.4, 0.5) is 13.2 Å². The molecule has 1 aliphatic heterocycles. The second-order valence-electron chi connectivity index (χ2n) is 7.40. The van der Waals surface area contributed by atoms with E-state index in [1.807, 2.05) is 25.1 Å². The molecule has 2 aromatic carbocycles. The molecule has 0 aliphatic carbocycles. The fourth-order valence-electron chi connectivity index (χ4n) is 3.69. The summed E-state index contributed by atoms with van der Waals surface area (Å²) in [5.41, 5.74) is 3.03. The zero-order valence-corrected chi connectivity index (χ0v) is 17.7. The molecule has 3 aromatic rings. The summed E-state index contributed by atoms with van der Waals surface area (Å²) < 4.78 is 56.3. The molecule has 31 heavy (non-hydrogen) atoms. The van der Waals surface area contributed by atoms with E-state index in [0.29, 0.717) is 47.3 Å². The molecule has 0 spiro atoms. The Bertz CT molecular complexity index is 1050. The molecule has 0 bridgehead atoms. The Morgan fingerprint density at radius 2 is 1.97 bits per heavy atom. The molecule has 4 rings (SSSR count). The molecule has 164 valence electrons. The first-order valence-electron chi connectivity index (χ1n) is 10.1. The minimum Gasteiger partial charge on any atom is -0.493 e. The molecule has 1 N–H and O–H groups in total. The van der Waals surface area contributed by atoms with E-state index in [-0.39, 0.29) is 24.7 Å². The molecule has 8 heteroatoms. The predicted octanol–water partition coefficient (Wildman–Crippen LogP) is 5.83. The van der Waals surface area contributed by atoms with Gasteiger partial charge in [0, 0.05) is 35.3 Å². The van der Waals surface area contributed by atoms with Gasteiger partial charge in [-0.2, -0.15) is 17.5 Å². The molecule has 2 heterocycles. The average molecular weight is 449 g/mol. The molecular weight excluding hydrogens is 427 g/mol. The summed E-state index contributed by atoms with van der Waals surface area (Å²) in [6.45, 7) is 2.31. The van der Waals surface area contributed by atoms with Gasteiger partial charge in [-0.05, 0) is 36.0 Å². The summed E-state index contributed by atoms with van der Waals surface area (Å²) in [6, 6.07) is 12.6. The molecular formula is C23H22F3NO3S. The highest BCUT2D eigenvalue weighted by Crippen LogP contribution is 2.41. The maximum Gasteiger partial charge on any atom is 0.427 e. The number of alkyl halides is 3. The lowest BCUT2D eigenvalue weighted by Gasteiger charge is -2.12. The van der Waals surface area contributed by atoms with Gasteiger partial charge >= 0.3 is 6.18 Å². The molecule has 0 saturated carbocycles. The Hall–Kier alpha value is -2.58. The van der Waals surface area contributed by atoms with Gasteiger partial charge in [0.15, 0.2) is 0 Å². The van der Waals surface area contributed by atoms with Crippen LogP contribution < -0.4 is 9.47 Å². The number of aromatic nitrogens is 1. The third-order valence-corrected chi connectivity index (χ3v) is 6.34. The van der Waals surface area contributed by atoms with Crippen LogP contribution in [0.5, 0.6) is 11.5 Å². The smallest absolute Gasteiger partial charge is 0.427 e. The Labute approximate surface area is 182 Å². The van der Waals surface area contributed by atoms with Gasteiger partial charge in [-0.15, -0.1) is 0 Å². The van der Waals surface area contributed by atoms with E-state index in [4.69, 9.17) is 14.6 Å². The average Bonchev–Trinajstić information content (AvgIpc) is 3.36. The van der Waals surface area contributed by atoms with Crippen LogP contribution >= 0.6 is 11.5 Å². The van der Waals surface area contributed by atoms with Gasteiger partial charge in [-0.25, -0.2) is 0 Å². The molecule has 0 amide bonds. The number of benzene rings is 2. The second-order valence-corrected chi connectivity index (χ2v) is 8.17. The van der Waals surface area contributed by atoms with Gasteiger partial charge < -0.3 is 14.6 Å². The van der Waals surface area contributed by atoms with E-state index < -0.39 is 11.1 Å². The van der Waals surface area contributed by atoms with E-state index in [9.17, 15) is 13.2 Å². The molecule has 4 nitrogen and oxygen atoms in total. The Morgan fingerprint density at radius 1 is 1.19 bits per heavy atom. The van der Waals surface area contributed by atoms with Crippen LogP contribution in [-0.4, -0.2) is 22.7 Å². The number of nitrogens with zero attached hydrogens (tertiary/aromatic N) is 1. The highest BCUT2D eigenvalue weighted by Gasteiger charge is 2.38. The third-order valence-electron chi connectivity index (χ3n) is 5.41. The number of halogens is 3. The summed E-state index contributed by atoms with van der Waals surface area (Å²) in [5.74, 6) is 1.19. The second kappa shape index (κ2) is 8.88. The van der Waals surface area contributed by atoms with Crippen molar-refractivity contribution in [1.29, 1.82) is 0 Å². The highest BCUT2D eigenvalue weighted by molar-refractivity contribution is 7.06. The third kappa shape index (κ3) is 4.55. The first-order valence-corrected chi connectivity index (χ1v) is 10.8. The fourth-order valence-corrected chi connectivity index (χ4v) is 4.46. The number of aliphatic hydroxyl groups excluding tert-OH is 1. The lowest BCUT2D eigenvalue weighted by atomic mass is 9.98. The maximum absolute atomic E-state index is 13.6. The molecule has 1 aliphatic rings. The van der Waals surface area contributed by atoms with E-state index in [1.54, 1.807) is 24.3 Å². The summed E-state index contributed by atoms with van der Waals surface area (Å²) in [6.07, 6.45) is -3.06. The van der Waals surface area contributed by atoms with Gasteiger partial charge in [0.1, 0.15) is 23.0 Å². The SMILES string of the molecule is CCc1ccc(-c2nsc(C(F)(F)F)c2COc2ccc3c(c2)OCC3CCO)cc1. The van der Waals surface area contributed by atoms with Crippen LogP contribution in [0.3, 0.4) is 0 Å². The van der Waals surface area contributed by atoms with Crippen molar-refractivity contribution < 1.29 is 27.8 Å². The molecule has 0 fully saturated rings. The van der Waals surface area contributed by atoms with Crippen molar-refractivity contribution >= 4 is 11.5 Å². The van der Waals surface area contributed by atoms with Crippen molar-refractivity contribution in [2.75, 3.05) is 13.2 Å². The maximum atomic E-state index is 13.6. The summed E-state index contributed by atoms with van der Waals surface area (Å²) in [7, 11) is 0. The zero-order valence-electron chi connectivity index (χ0n) is 16.9. The summed E-state index contributed by atoms with van der Waals surface area (Å²) in [4.78, 5) is -0.748. The molecule has 1 atom stereocenters. The van der Waals surface area contributed by atoms with E-state index in [0.717, 1.165) is 17.5 Å². The summed E-state index contributed by atoms with van der Waals surface area (Å²) in [5, 5.41) is 9.16. The number of aryl methyl sites for hydroxylation is 1. The quantitative estimate of drug-likeness (QED) is 0.493. The number of aliphatic hydroxyl groups is 1. The Balaban J connectivity index is 1.59. The summed E-state index contributed by atoms with van der Waals surface area (Å²) >= 11 is 0.446. The monoisotopic (exact) mass is 449 g/mol. The normalized spacial score (nSPS) is 15.6. The van der Waals surface area contributed by atoms with Crippen molar-refractivity contribution in [2.45, 2.75) is 38.5 Å². The topological polar surface area (TPSA) is 51.6 Å². The number of ether oxygens (including phenoxy) is 2. The minimum atomic E-state index is -4.50. The van der Waals surface area contributed by atoms with Gasteiger partial charge in [-0.3, -0.25) is 0 Å². The molecule has 1 aromatic heterocycles. The van der Waals surface area contributed by atoms with Crippen LogP contribution in [-0.2, 0) is 19.2 Å². The standard InChI is InChI=1S/C23H22F3NO3S/c1-2-14-3-5-15(6-4-14)21-19(22(31-27-21)23(24,25)26)13-29-17-7-8-18-16(9-10-28)12-30-20(18)11-17/h3-8,11,16,28H,2,9-10,12-13H2,1H3. The molecule has 0 saturated heterocycles. The van der Waals surface area contributed by atoms with E-state index >= 15 is 0 Å². The first kappa shape index (κ1) is 21.6. The van der Waals surface area contributed by atoms with Gasteiger partial charge in [0.25, 0.3) is 0 Å². The van der Waals surface area contributed by atoms with Crippen LogP contribution in [0, 0.1) is 0 Å². The van der Waals surface area contributed by atoms with Crippen LogP contribution in [0.2, 0.25) is 0 Å². The fraction of sp³-hybridized carbons (Fsp3) is 0.348. The van der Waals surface area contributed by atoms with E-state index in [1.165, 1.54) is 0 Å². The van der Waals surface area contributed by atoms with E-state index in [2.05, 4.69) is 4.37 Å². The number of hydrogen-bond acceptors (Lipinski definition) is 5. The Morgan fingerprint density at radius 3 is 2.65 bits per heavy atom. The van der Waals surface area contributed by atoms with Crippen molar-refractivity contribution in [3.8, 4) is 22.8 Å². The van der Waals surface area contributed by atoms with Crippen LogP contribution in [0.1, 0.15) is 40.8 Å². The minimum absolute atomic E-state index is 0.0290. The number of hydrogen-bond donors (Lipinski definition) is 1. The zero-order chi connectivity index (χ0) is 22.0. The first-order chi connectivity index (χ1) is 14.9.